The van der Waals surface area contributed by atoms with Gasteiger partial charge in [-0.2, -0.15) is 0 Å². The summed E-state index contributed by atoms with van der Waals surface area (Å²) in [6.45, 7) is 4.45. The Morgan fingerprint density at radius 1 is 1.47 bits per heavy atom. The van der Waals surface area contributed by atoms with Gasteiger partial charge in [0.1, 0.15) is 12.4 Å². The fraction of sp³-hybridized carbons (Fsp3) is 0.667. The van der Waals surface area contributed by atoms with Crippen LogP contribution in [0.1, 0.15) is 49.8 Å². The molecule has 1 aromatic heterocycles. The van der Waals surface area contributed by atoms with E-state index in [0.29, 0.717) is 6.54 Å². The number of rotatable bonds is 7. The van der Waals surface area contributed by atoms with Gasteiger partial charge in [-0.15, -0.1) is 5.10 Å². The van der Waals surface area contributed by atoms with Crippen molar-refractivity contribution in [1.82, 2.24) is 20.1 Å². The molecule has 0 saturated heterocycles. The highest BCUT2D eigenvalue weighted by atomic mass is 16.5. The van der Waals surface area contributed by atoms with Crippen molar-refractivity contribution in [3.63, 3.8) is 0 Å². The molecule has 0 fully saturated rings. The van der Waals surface area contributed by atoms with Crippen molar-refractivity contribution in [1.29, 1.82) is 0 Å². The molecule has 1 rings (SSSR count). The quantitative estimate of drug-likeness (QED) is 0.587. The highest BCUT2D eigenvalue weighted by Gasteiger charge is 2.18. The van der Waals surface area contributed by atoms with Gasteiger partial charge in [-0.3, -0.25) is 4.79 Å². The molecule has 0 saturated carbocycles. The molecule has 7 heteroatoms. The van der Waals surface area contributed by atoms with Gasteiger partial charge in [0.2, 0.25) is 5.91 Å². The monoisotopic (exact) mass is 268 g/mol. The zero-order valence-electron chi connectivity index (χ0n) is 11.5. The lowest BCUT2D eigenvalue weighted by Crippen LogP contribution is -2.32. The Morgan fingerprint density at radius 3 is 2.84 bits per heavy atom. The van der Waals surface area contributed by atoms with E-state index in [-0.39, 0.29) is 11.7 Å². The number of methoxy groups -OCH3 is 1. The van der Waals surface area contributed by atoms with E-state index >= 15 is 0 Å². The number of hydrogen-bond donors (Lipinski definition) is 1. The number of unbranched alkanes of at least 4 members (excludes halogenated alkanes) is 2. The van der Waals surface area contributed by atoms with E-state index in [1.54, 1.807) is 6.92 Å². The summed E-state index contributed by atoms with van der Waals surface area (Å²) in [5.74, 6) is -0.806. The molecule has 0 radical (unpaired) electrons. The lowest BCUT2D eigenvalue weighted by molar-refractivity contribution is -0.124. The first kappa shape index (κ1) is 15.1. The minimum Gasteiger partial charge on any atom is -0.463 e. The highest BCUT2D eigenvalue weighted by Crippen LogP contribution is 2.04. The average Bonchev–Trinajstić information content (AvgIpc) is 2.91. The minimum atomic E-state index is -0.616. The van der Waals surface area contributed by atoms with Crippen molar-refractivity contribution < 1.29 is 14.3 Å². The summed E-state index contributed by atoms with van der Waals surface area (Å²) in [6.07, 6.45) is 4.50. The van der Waals surface area contributed by atoms with Gasteiger partial charge in [-0.05, 0) is 13.3 Å². The Morgan fingerprint density at radius 2 is 2.21 bits per heavy atom. The maximum Gasteiger partial charge on any atom is 0.377 e. The second-order valence-electron chi connectivity index (χ2n) is 4.21. The molecule has 1 heterocycles. The molecule has 1 atom stereocenters. The first-order valence-corrected chi connectivity index (χ1v) is 6.37. The van der Waals surface area contributed by atoms with E-state index in [1.165, 1.54) is 18.1 Å². The molecule has 1 amide bonds. The number of esters is 1. The van der Waals surface area contributed by atoms with Gasteiger partial charge in [0.25, 0.3) is 5.82 Å². The first-order valence-electron chi connectivity index (χ1n) is 6.37. The fourth-order valence-electron chi connectivity index (χ4n) is 1.50. The van der Waals surface area contributed by atoms with Gasteiger partial charge in [0.15, 0.2) is 0 Å². The average molecular weight is 268 g/mol. The van der Waals surface area contributed by atoms with Crippen molar-refractivity contribution >= 4 is 11.9 Å². The van der Waals surface area contributed by atoms with E-state index in [4.69, 9.17) is 0 Å². The van der Waals surface area contributed by atoms with Gasteiger partial charge in [-0.1, -0.05) is 19.8 Å². The van der Waals surface area contributed by atoms with Crippen molar-refractivity contribution in [3.05, 3.63) is 12.2 Å². The summed E-state index contributed by atoms with van der Waals surface area (Å²) in [7, 11) is 1.26. The SMILES string of the molecule is CCCCCNC(=O)C(C)n1cnc(C(=O)OC)n1. The van der Waals surface area contributed by atoms with Gasteiger partial charge >= 0.3 is 5.97 Å². The number of carbonyl (C=O) groups excluding carboxylic acids is 2. The van der Waals surface area contributed by atoms with Crippen molar-refractivity contribution in [2.24, 2.45) is 0 Å². The number of aromatic nitrogens is 3. The van der Waals surface area contributed by atoms with Crippen LogP contribution in [-0.2, 0) is 9.53 Å². The molecule has 0 aliphatic rings. The van der Waals surface area contributed by atoms with Crippen molar-refractivity contribution in [2.75, 3.05) is 13.7 Å². The summed E-state index contributed by atoms with van der Waals surface area (Å²) in [6, 6.07) is -0.507. The van der Waals surface area contributed by atoms with Crippen molar-refractivity contribution in [2.45, 2.75) is 39.2 Å². The summed E-state index contributed by atoms with van der Waals surface area (Å²) < 4.78 is 5.85. The molecular formula is C12H20N4O3. The Kier molecular flexibility index (Phi) is 5.98. The van der Waals surface area contributed by atoms with Gasteiger partial charge in [0.05, 0.1) is 7.11 Å². The number of nitrogens with zero attached hydrogens (tertiary/aromatic N) is 3. The van der Waals surface area contributed by atoms with Crippen LogP contribution in [0.3, 0.4) is 0 Å². The van der Waals surface area contributed by atoms with E-state index < -0.39 is 12.0 Å². The van der Waals surface area contributed by atoms with Crippen LogP contribution in [-0.4, -0.2) is 40.3 Å². The smallest absolute Gasteiger partial charge is 0.377 e. The van der Waals surface area contributed by atoms with E-state index in [0.717, 1.165) is 19.3 Å². The van der Waals surface area contributed by atoms with Crippen LogP contribution in [0.25, 0.3) is 0 Å². The second kappa shape index (κ2) is 7.50. The van der Waals surface area contributed by atoms with Gasteiger partial charge in [0, 0.05) is 6.54 Å². The molecule has 1 aromatic rings. The van der Waals surface area contributed by atoms with Crippen LogP contribution < -0.4 is 5.32 Å². The third-order valence-electron chi connectivity index (χ3n) is 2.73. The molecule has 0 aliphatic heterocycles. The molecule has 0 spiro atoms. The zero-order valence-corrected chi connectivity index (χ0v) is 11.5. The summed E-state index contributed by atoms with van der Waals surface area (Å²) in [4.78, 5) is 26.8. The van der Waals surface area contributed by atoms with E-state index in [1.807, 2.05) is 0 Å². The summed E-state index contributed by atoms with van der Waals surface area (Å²) >= 11 is 0. The Balaban J connectivity index is 2.52. The molecule has 1 N–H and O–H groups in total. The number of amides is 1. The van der Waals surface area contributed by atoms with Crippen LogP contribution in [0, 0.1) is 0 Å². The van der Waals surface area contributed by atoms with Gasteiger partial charge in [-0.25, -0.2) is 14.5 Å². The largest absolute Gasteiger partial charge is 0.463 e. The van der Waals surface area contributed by atoms with Gasteiger partial charge < -0.3 is 10.1 Å². The van der Waals surface area contributed by atoms with Crippen LogP contribution in [0.5, 0.6) is 0 Å². The predicted octanol–water partition coefficient (Wildman–Crippen LogP) is 0.932. The molecule has 7 nitrogen and oxygen atoms in total. The zero-order chi connectivity index (χ0) is 14.3. The first-order chi connectivity index (χ1) is 9.10. The standard InChI is InChI=1S/C12H20N4O3/c1-4-5-6-7-13-11(17)9(2)16-8-14-10(15-16)12(18)19-3/h8-9H,4-7H2,1-3H3,(H,13,17). The number of ether oxygens (including phenoxy) is 1. The maximum absolute atomic E-state index is 11.8. The Hall–Kier alpha value is -1.92. The van der Waals surface area contributed by atoms with E-state index in [2.05, 4.69) is 27.1 Å². The van der Waals surface area contributed by atoms with Crippen LogP contribution in [0.2, 0.25) is 0 Å². The minimum absolute atomic E-state index is 0.0480. The van der Waals surface area contributed by atoms with Crippen LogP contribution >= 0.6 is 0 Å². The molecule has 0 aliphatic carbocycles. The highest BCUT2D eigenvalue weighted by molar-refractivity contribution is 5.85. The molecule has 0 aromatic carbocycles. The fourth-order valence-corrected chi connectivity index (χ4v) is 1.50. The second-order valence-corrected chi connectivity index (χ2v) is 4.21. The number of nitrogens with one attached hydrogen (secondary N) is 1. The third kappa shape index (κ3) is 4.35. The van der Waals surface area contributed by atoms with Crippen molar-refractivity contribution in [3.8, 4) is 0 Å². The molecule has 0 bridgehead atoms. The van der Waals surface area contributed by atoms with E-state index in [9.17, 15) is 9.59 Å². The summed E-state index contributed by atoms with van der Waals surface area (Å²) in [5, 5.41) is 6.74. The van der Waals surface area contributed by atoms with Crippen LogP contribution in [0.15, 0.2) is 6.33 Å². The molecule has 19 heavy (non-hydrogen) atoms. The van der Waals surface area contributed by atoms with Crippen LogP contribution in [0.4, 0.5) is 0 Å². The molecular weight excluding hydrogens is 248 g/mol. The summed E-state index contributed by atoms with van der Waals surface area (Å²) in [5.41, 5.74) is 0. The predicted molar refractivity (Wildman–Crippen MR) is 68.6 cm³/mol. The number of hydrogen-bond acceptors (Lipinski definition) is 5. The Bertz CT molecular complexity index is 430. The Labute approximate surface area is 112 Å². The lowest BCUT2D eigenvalue weighted by Gasteiger charge is -2.11. The molecule has 106 valence electrons. The normalized spacial score (nSPS) is 11.9. The molecule has 1 unspecified atom stereocenters. The lowest BCUT2D eigenvalue weighted by atomic mass is 10.2. The third-order valence-corrected chi connectivity index (χ3v) is 2.73. The number of carbonyl (C=O) groups is 2. The topological polar surface area (TPSA) is 86.1 Å². The maximum atomic E-state index is 11.8.